The minimum absolute atomic E-state index is 0.0118. The molecule has 2 aromatic heterocycles. The molecular formula is C19H17FN4O4. The van der Waals surface area contributed by atoms with Crippen molar-refractivity contribution in [3.05, 3.63) is 69.4 Å². The highest BCUT2D eigenvalue weighted by Crippen LogP contribution is 2.26. The number of amides is 2. The summed E-state index contributed by atoms with van der Waals surface area (Å²) >= 11 is 0. The molecule has 28 heavy (non-hydrogen) atoms. The molecule has 3 aromatic rings. The Morgan fingerprint density at radius 3 is 2.54 bits per heavy atom. The lowest BCUT2D eigenvalue weighted by atomic mass is 10.1. The summed E-state index contributed by atoms with van der Waals surface area (Å²) in [6, 6.07) is 7.45. The minimum Gasteiger partial charge on any atom is -0.505 e. The second kappa shape index (κ2) is 7.47. The molecule has 0 fully saturated rings. The zero-order chi connectivity index (χ0) is 20.4. The highest BCUT2D eigenvalue weighted by Gasteiger charge is 2.23. The number of hydrogen-bond acceptors (Lipinski definition) is 5. The molecule has 8 nitrogen and oxygen atoms in total. The van der Waals surface area contributed by atoms with Gasteiger partial charge in [-0.05, 0) is 35.7 Å². The molecule has 0 aliphatic carbocycles. The molecule has 0 atom stereocenters. The second-order valence-electron chi connectivity index (χ2n) is 6.17. The zero-order valence-corrected chi connectivity index (χ0v) is 14.9. The molecule has 0 unspecified atom stereocenters. The van der Waals surface area contributed by atoms with Crippen LogP contribution in [0.2, 0.25) is 0 Å². The maximum absolute atomic E-state index is 13.1. The molecule has 2 amide bonds. The van der Waals surface area contributed by atoms with E-state index in [9.17, 15) is 23.9 Å². The van der Waals surface area contributed by atoms with Crippen LogP contribution < -0.4 is 16.6 Å². The Morgan fingerprint density at radius 1 is 1.25 bits per heavy atom. The SMILES string of the molecule is CNC(=O)c1c(O)c2ncc(Cc3ccc(F)cc3)cc2n(CC(N)=O)c1=O. The number of hydrogen-bond donors (Lipinski definition) is 3. The van der Waals surface area contributed by atoms with Crippen LogP contribution in [0.3, 0.4) is 0 Å². The van der Waals surface area contributed by atoms with Crippen molar-refractivity contribution in [3.8, 4) is 5.75 Å². The smallest absolute Gasteiger partial charge is 0.268 e. The topological polar surface area (TPSA) is 127 Å². The molecule has 144 valence electrons. The third-order valence-corrected chi connectivity index (χ3v) is 4.22. The maximum atomic E-state index is 13.1. The van der Waals surface area contributed by atoms with Crippen molar-refractivity contribution in [1.82, 2.24) is 14.9 Å². The van der Waals surface area contributed by atoms with Gasteiger partial charge in [0.05, 0.1) is 5.52 Å². The molecule has 0 aliphatic rings. The molecule has 1 aromatic carbocycles. The van der Waals surface area contributed by atoms with Crippen molar-refractivity contribution in [2.24, 2.45) is 5.73 Å². The molecule has 0 radical (unpaired) electrons. The van der Waals surface area contributed by atoms with Gasteiger partial charge < -0.3 is 16.2 Å². The van der Waals surface area contributed by atoms with Crippen molar-refractivity contribution in [1.29, 1.82) is 0 Å². The average molecular weight is 384 g/mol. The van der Waals surface area contributed by atoms with Crippen LogP contribution in [0, 0.1) is 5.82 Å². The number of aromatic nitrogens is 2. The fourth-order valence-electron chi connectivity index (χ4n) is 2.92. The lowest BCUT2D eigenvalue weighted by Crippen LogP contribution is -2.35. The first kappa shape index (κ1) is 19.0. The van der Waals surface area contributed by atoms with Crippen molar-refractivity contribution in [2.45, 2.75) is 13.0 Å². The summed E-state index contributed by atoms with van der Waals surface area (Å²) in [5.41, 5.74) is 5.47. The van der Waals surface area contributed by atoms with Gasteiger partial charge in [-0.15, -0.1) is 0 Å². The van der Waals surface area contributed by atoms with Crippen LogP contribution in [0.5, 0.6) is 5.75 Å². The molecule has 2 heterocycles. The van der Waals surface area contributed by atoms with Gasteiger partial charge in [-0.25, -0.2) is 4.39 Å². The maximum Gasteiger partial charge on any atom is 0.268 e. The van der Waals surface area contributed by atoms with Crippen molar-refractivity contribution in [2.75, 3.05) is 7.05 Å². The van der Waals surface area contributed by atoms with Crippen LogP contribution in [-0.4, -0.2) is 33.5 Å². The molecule has 9 heteroatoms. The van der Waals surface area contributed by atoms with Gasteiger partial charge in [-0.1, -0.05) is 12.1 Å². The first-order chi connectivity index (χ1) is 13.3. The number of pyridine rings is 2. The summed E-state index contributed by atoms with van der Waals surface area (Å²) in [6.07, 6.45) is 1.85. The third-order valence-electron chi connectivity index (χ3n) is 4.22. The molecule has 0 saturated carbocycles. The first-order valence-corrected chi connectivity index (χ1v) is 8.31. The van der Waals surface area contributed by atoms with E-state index in [0.717, 1.165) is 10.1 Å². The number of benzene rings is 1. The van der Waals surface area contributed by atoms with Gasteiger partial charge in [0.1, 0.15) is 23.4 Å². The Balaban J connectivity index is 2.20. The summed E-state index contributed by atoms with van der Waals surface area (Å²) in [5, 5.41) is 12.7. The summed E-state index contributed by atoms with van der Waals surface area (Å²) in [7, 11) is 1.31. The van der Waals surface area contributed by atoms with Gasteiger partial charge in [0, 0.05) is 13.2 Å². The Morgan fingerprint density at radius 2 is 1.93 bits per heavy atom. The highest BCUT2D eigenvalue weighted by molar-refractivity contribution is 6.01. The number of primary amides is 1. The van der Waals surface area contributed by atoms with Gasteiger partial charge >= 0.3 is 0 Å². The Labute approximate surface area is 158 Å². The summed E-state index contributed by atoms with van der Waals surface area (Å²) in [4.78, 5) is 40.3. The summed E-state index contributed by atoms with van der Waals surface area (Å²) in [5.74, 6) is -2.53. The molecule has 0 aliphatic heterocycles. The van der Waals surface area contributed by atoms with Crippen molar-refractivity contribution < 1.29 is 19.1 Å². The minimum atomic E-state index is -0.858. The van der Waals surface area contributed by atoms with E-state index in [1.54, 1.807) is 18.2 Å². The molecular weight excluding hydrogens is 367 g/mol. The van der Waals surface area contributed by atoms with Crippen LogP contribution in [0.4, 0.5) is 4.39 Å². The van der Waals surface area contributed by atoms with E-state index in [1.165, 1.54) is 25.4 Å². The van der Waals surface area contributed by atoms with Crippen LogP contribution in [0.15, 0.2) is 41.3 Å². The van der Waals surface area contributed by atoms with E-state index in [0.29, 0.717) is 12.0 Å². The monoisotopic (exact) mass is 384 g/mol. The summed E-state index contributed by atoms with van der Waals surface area (Å²) < 4.78 is 14.1. The quantitative estimate of drug-likeness (QED) is 0.596. The molecule has 3 rings (SSSR count). The number of carbonyl (C=O) groups is 2. The number of nitrogens with two attached hydrogens (primary N) is 1. The first-order valence-electron chi connectivity index (χ1n) is 8.31. The van der Waals surface area contributed by atoms with Gasteiger partial charge in [-0.3, -0.25) is 23.9 Å². The van der Waals surface area contributed by atoms with Gasteiger partial charge in [0.25, 0.3) is 11.5 Å². The number of nitrogens with one attached hydrogen (secondary N) is 1. The second-order valence-corrected chi connectivity index (χ2v) is 6.17. The number of fused-ring (bicyclic) bond motifs is 1. The number of rotatable bonds is 5. The lowest BCUT2D eigenvalue weighted by Gasteiger charge is -2.14. The number of nitrogens with zero attached hydrogens (tertiary/aromatic N) is 2. The normalized spacial score (nSPS) is 10.8. The zero-order valence-electron chi connectivity index (χ0n) is 14.9. The number of aromatic hydroxyl groups is 1. The fourth-order valence-corrected chi connectivity index (χ4v) is 2.92. The van der Waals surface area contributed by atoms with E-state index >= 15 is 0 Å². The van der Waals surface area contributed by atoms with E-state index < -0.39 is 35.2 Å². The average Bonchev–Trinajstić information content (AvgIpc) is 2.66. The fraction of sp³-hybridized carbons (Fsp3) is 0.158. The Kier molecular flexibility index (Phi) is 5.08. The Hall–Kier alpha value is -3.75. The van der Waals surface area contributed by atoms with Crippen LogP contribution in [-0.2, 0) is 17.8 Å². The third kappa shape index (κ3) is 3.54. The van der Waals surface area contributed by atoms with Gasteiger partial charge in [-0.2, -0.15) is 0 Å². The summed E-state index contributed by atoms with van der Waals surface area (Å²) in [6.45, 7) is -0.485. The lowest BCUT2D eigenvalue weighted by molar-refractivity contribution is -0.118. The largest absolute Gasteiger partial charge is 0.505 e. The van der Waals surface area contributed by atoms with E-state index in [1.807, 2.05) is 0 Å². The highest BCUT2D eigenvalue weighted by atomic mass is 19.1. The van der Waals surface area contributed by atoms with E-state index in [2.05, 4.69) is 10.3 Å². The molecule has 0 spiro atoms. The van der Waals surface area contributed by atoms with Gasteiger partial charge in [0.2, 0.25) is 5.91 Å². The predicted octanol–water partition coefficient (Wildman–Crippen LogP) is 0.677. The van der Waals surface area contributed by atoms with Gasteiger partial charge in [0.15, 0.2) is 5.75 Å². The molecule has 0 saturated heterocycles. The van der Waals surface area contributed by atoms with Crippen LogP contribution >= 0.6 is 0 Å². The van der Waals surface area contributed by atoms with Crippen LogP contribution in [0.1, 0.15) is 21.5 Å². The Bertz CT molecular complexity index is 1140. The standard InChI is InChI=1S/C19H17FN4O4/c1-22-18(27)15-17(26)16-13(24(19(15)28)9-14(21)25)7-11(8-23-16)6-10-2-4-12(20)5-3-10/h2-5,7-8,26H,6,9H2,1H3,(H2,21,25)(H,22,27). The van der Waals surface area contributed by atoms with E-state index in [4.69, 9.17) is 5.73 Å². The van der Waals surface area contributed by atoms with E-state index in [-0.39, 0.29) is 16.9 Å². The van der Waals surface area contributed by atoms with Crippen molar-refractivity contribution in [3.63, 3.8) is 0 Å². The predicted molar refractivity (Wildman–Crippen MR) is 99.5 cm³/mol. The number of halogens is 1. The molecule has 0 bridgehead atoms. The number of carbonyl (C=O) groups excluding carboxylic acids is 2. The van der Waals surface area contributed by atoms with Crippen LogP contribution in [0.25, 0.3) is 11.0 Å². The van der Waals surface area contributed by atoms with Crippen molar-refractivity contribution >= 4 is 22.8 Å². The molecule has 4 N–H and O–H groups in total.